The molecule has 96 valence electrons. The number of halogens is 1. The molecular formula is C15H12BrNOS. The summed E-state index contributed by atoms with van der Waals surface area (Å²) >= 11 is 5.09. The minimum Gasteiger partial charge on any atom is -0.323 e. The first-order valence-corrected chi connectivity index (χ1v) is 7.25. The van der Waals surface area contributed by atoms with Gasteiger partial charge in [0.15, 0.2) is 0 Å². The quantitative estimate of drug-likeness (QED) is 0.820. The van der Waals surface area contributed by atoms with Gasteiger partial charge < -0.3 is 5.32 Å². The second-order valence-corrected chi connectivity index (χ2v) is 5.84. The van der Waals surface area contributed by atoms with Crippen LogP contribution in [0.25, 0.3) is 0 Å². The molecule has 0 bridgehead atoms. The zero-order valence-electron chi connectivity index (χ0n) is 10.1. The summed E-state index contributed by atoms with van der Waals surface area (Å²) in [5.74, 6) is -0.201. The highest BCUT2D eigenvalue weighted by atomic mass is 79.9. The van der Waals surface area contributed by atoms with Crippen molar-refractivity contribution in [1.29, 1.82) is 0 Å². The van der Waals surface area contributed by atoms with Crippen molar-refractivity contribution in [3.05, 3.63) is 65.7 Å². The third kappa shape index (κ3) is 4.26. The molecule has 0 saturated heterocycles. The molecule has 0 fully saturated rings. The average Bonchev–Trinajstić information content (AvgIpc) is 2.43. The van der Waals surface area contributed by atoms with Crippen molar-refractivity contribution in [3.63, 3.8) is 0 Å². The Morgan fingerprint density at radius 2 is 1.58 bits per heavy atom. The van der Waals surface area contributed by atoms with Gasteiger partial charge in [-0.3, -0.25) is 4.79 Å². The van der Waals surface area contributed by atoms with Crippen LogP contribution in [0.1, 0.15) is 0 Å². The van der Waals surface area contributed by atoms with Gasteiger partial charge in [0.25, 0.3) is 0 Å². The number of benzene rings is 2. The molecule has 0 aliphatic carbocycles. The smallest absolute Gasteiger partial charge is 0.247 e. The molecule has 0 unspecified atom stereocenters. The fourth-order valence-electron chi connectivity index (χ4n) is 1.44. The monoisotopic (exact) mass is 333 g/mol. The van der Waals surface area contributed by atoms with Crippen LogP contribution in [0.15, 0.2) is 75.4 Å². The maximum Gasteiger partial charge on any atom is 0.247 e. The van der Waals surface area contributed by atoms with Crippen molar-refractivity contribution in [2.24, 2.45) is 0 Å². The molecule has 0 aliphatic heterocycles. The predicted molar refractivity (Wildman–Crippen MR) is 83.5 cm³/mol. The van der Waals surface area contributed by atoms with Gasteiger partial charge in [0.2, 0.25) is 5.91 Å². The number of nitrogens with one attached hydrogen (secondary N) is 1. The molecule has 0 saturated carbocycles. The van der Waals surface area contributed by atoms with Crippen LogP contribution in [0.4, 0.5) is 5.69 Å². The molecule has 1 amide bonds. The van der Waals surface area contributed by atoms with Gasteiger partial charge >= 0.3 is 0 Å². The molecule has 2 aromatic carbocycles. The number of carbonyl (C=O) groups excluding carboxylic acids is 1. The molecular weight excluding hydrogens is 322 g/mol. The van der Waals surface area contributed by atoms with E-state index in [4.69, 9.17) is 0 Å². The minimum atomic E-state index is -0.201. The second-order valence-electron chi connectivity index (χ2n) is 3.77. The molecule has 2 nitrogen and oxygen atoms in total. The maximum absolute atomic E-state index is 11.2. The SMILES string of the molecule is C=CC(=O)Nc1ccc(Sc2ccc(Br)cc2)cc1. The summed E-state index contributed by atoms with van der Waals surface area (Å²) in [4.78, 5) is 13.4. The largest absolute Gasteiger partial charge is 0.323 e. The van der Waals surface area contributed by atoms with Crippen molar-refractivity contribution >= 4 is 39.3 Å². The fourth-order valence-corrected chi connectivity index (χ4v) is 2.52. The van der Waals surface area contributed by atoms with Crippen molar-refractivity contribution in [2.75, 3.05) is 5.32 Å². The van der Waals surface area contributed by atoms with Crippen LogP contribution in [0, 0.1) is 0 Å². The first kappa shape index (κ1) is 13.9. The lowest BCUT2D eigenvalue weighted by atomic mass is 10.3. The molecule has 0 heterocycles. The lowest BCUT2D eigenvalue weighted by Crippen LogP contribution is -2.06. The van der Waals surface area contributed by atoms with Crippen molar-refractivity contribution in [2.45, 2.75) is 9.79 Å². The van der Waals surface area contributed by atoms with Gasteiger partial charge in [-0.05, 0) is 54.6 Å². The second kappa shape index (κ2) is 6.59. The third-order valence-electron chi connectivity index (χ3n) is 2.36. The minimum absolute atomic E-state index is 0.201. The van der Waals surface area contributed by atoms with Crippen molar-refractivity contribution < 1.29 is 4.79 Å². The van der Waals surface area contributed by atoms with Gasteiger partial charge in [-0.2, -0.15) is 0 Å². The van der Waals surface area contributed by atoms with Crippen LogP contribution in [0.5, 0.6) is 0 Å². The van der Waals surface area contributed by atoms with E-state index in [2.05, 4.69) is 40.0 Å². The van der Waals surface area contributed by atoms with E-state index in [-0.39, 0.29) is 5.91 Å². The Kier molecular flexibility index (Phi) is 4.82. The fraction of sp³-hybridized carbons (Fsp3) is 0. The third-order valence-corrected chi connectivity index (χ3v) is 3.90. The molecule has 0 atom stereocenters. The summed E-state index contributed by atoms with van der Waals surface area (Å²) in [6, 6.07) is 15.9. The lowest BCUT2D eigenvalue weighted by Gasteiger charge is -2.05. The lowest BCUT2D eigenvalue weighted by molar-refractivity contribution is -0.111. The normalized spacial score (nSPS) is 9.95. The Balaban J connectivity index is 2.04. The number of hydrogen-bond acceptors (Lipinski definition) is 2. The van der Waals surface area contributed by atoms with Crippen LogP contribution >= 0.6 is 27.7 Å². The van der Waals surface area contributed by atoms with E-state index < -0.39 is 0 Å². The Hall–Kier alpha value is -1.52. The number of hydrogen-bond donors (Lipinski definition) is 1. The van der Waals surface area contributed by atoms with Crippen LogP contribution in [-0.2, 0) is 4.79 Å². The number of rotatable bonds is 4. The van der Waals surface area contributed by atoms with Gasteiger partial charge in [0.05, 0.1) is 0 Å². The highest BCUT2D eigenvalue weighted by Gasteiger charge is 2.00. The van der Waals surface area contributed by atoms with Gasteiger partial charge in [-0.25, -0.2) is 0 Å². The van der Waals surface area contributed by atoms with E-state index in [1.807, 2.05) is 36.4 Å². The van der Waals surface area contributed by atoms with E-state index in [0.717, 1.165) is 15.1 Å². The van der Waals surface area contributed by atoms with E-state index in [9.17, 15) is 4.79 Å². The summed E-state index contributed by atoms with van der Waals surface area (Å²) in [6.07, 6.45) is 1.25. The number of carbonyl (C=O) groups is 1. The van der Waals surface area contributed by atoms with Gasteiger partial charge in [-0.1, -0.05) is 34.3 Å². The molecule has 0 radical (unpaired) electrons. The Labute approximate surface area is 125 Å². The Morgan fingerprint density at radius 3 is 2.11 bits per heavy atom. The van der Waals surface area contributed by atoms with Crippen molar-refractivity contribution in [3.8, 4) is 0 Å². The van der Waals surface area contributed by atoms with E-state index in [0.29, 0.717) is 0 Å². The highest BCUT2D eigenvalue weighted by molar-refractivity contribution is 9.10. The molecule has 2 aromatic rings. The summed E-state index contributed by atoms with van der Waals surface area (Å²) in [6.45, 7) is 3.42. The average molecular weight is 334 g/mol. The van der Waals surface area contributed by atoms with E-state index in [1.54, 1.807) is 11.8 Å². The van der Waals surface area contributed by atoms with Crippen LogP contribution < -0.4 is 5.32 Å². The van der Waals surface area contributed by atoms with E-state index >= 15 is 0 Å². The van der Waals surface area contributed by atoms with Crippen LogP contribution in [0.3, 0.4) is 0 Å². The zero-order chi connectivity index (χ0) is 13.7. The van der Waals surface area contributed by atoms with Crippen molar-refractivity contribution in [1.82, 2.24) is 0 Å². The molecule has 19 heavy (non-hydrogen) atoms. The Morgan fingerprint density at radius 1 is 1.05 bits per heavy atom. The summed E-state index contributed by atoms with van der Waals surface area (Å²) in [5.41, 5.74) is 0.769. The number of anilines is 1. The summed E-state index contributed by atoms with van der Waals surface area (Å²) in [5, 5.41) is 2.72. The van der Waals surface area contributed by atoms with E-state index in [1.165, 1.54) is 11.0 Å². The zero-order valence-corrected chi connectivity index (χ0v) is 12.5. The van der Waals surface area contributed by atoms with Gasteiger partial charge in [0, 0.05) is 20.0 Å². The molecule has 0 aromatic heterocycles. The highest BCUT2D eigenvalue weighted by Crippen LogP contribution is 2.29. The summed E-state index contributed by atoms with van der Waals surface area (Å²) < 4.78 is 1.07. The first-order valence-electron chi connectivity index (χ1n) is 5.64. The van der Waals surface area contributed by atoms with Gasteiger partial charge in [0.1, 0.15) is 0 Å². The molecule has 0 spiro atoms. The van der Waals surface area contributed by atoms with Crippen LogP contribution in [0.2, 0.25) is 0 Å². The molecule has 2 rings (SSSR count). The standard InChI is InChI=1S/C15H12BrNOS/c1-2-15(18)17-12-5-9-14(10-6-12)19-13-7-3-11(16)4-8-13/h2-10H,1H2,(H,17,18). The number of amides is 1. The molecule has 4 heteroatoms. The first-order chi connectivity index (χ1) is 9.17. The maximum atomic E-state index is 11.2. The Bertz CT molecular complexity index is 578. The predicted octanol–water partition coefficient (Wildman–Crippen LogP) is 4.72. The molecule has 1 N–H and O–H groups in total. The topological polar surface area (TPSA) is 29.1 Å². The summed E-state index contributed by atoms with van der Waals surface area (Å²) in [7, 11) is 0. The molecule has 0 aliphatic rings. The van der Waals surface area contributed by atoms with Gasteiger partial charge in [-0.15, -0.1) is 0 Å². The van der Waals surface area contributed by atoms with Crippen LogP contribution in [-0.4, -0.2) is 5.91 Å².